The minimum atomic E-state index is 0.531. The number of nitrogens with one attached hydrogen (secondary N) is 5. The molecule has 45 heavy (non-hydrogen) atoms. The minimum absolute atomic E-state index is 0.531. The minimum Gasteiger partial charge on any atom is -0.356 e. The Morgan fingerprint density at radius 3 is 0.911 bits per heavy atom. The van der Waals surface area contributed by atoms with Gasteiger partial charge in [0.15, 0.2) is 11.9 Å². The van der Waals surface area contributed by atoms with E-state index in [9.17, 15) is 0 Å². The second-order valence-electron chi connectivity index (χ2n) is 14.1. The van der Waals surface area contributed by atoms with Gasteiger partial charge in [-0.25, -0.2) is 9.98 Å². The van der Waals surface area contributed by atoms with E-state index in [1.165, 1.54) is 128 Å². The third-order valence-corrected chi connectivity index (χ3v) is 10.3. The third kappa shape index (κ3) is 10.4. The second-order valence-corrected chi connectivity index (χ2v) is 14.1. The number of aliphatic imine (C=N–C) groups is 2. The first kappa shape index (κ1) is 31.7. The van der Waals surface area contributed by atoms with Crippen LogP contribution in [0.2, 0.25) is 0 Å². The van der Waals surface area contributed by atoms with Gasteiger partial charge in [-0.1, -0.05) is 77.0 Å². The number of anilines is 2. The molecule has 0 atom stereocenters. The van der Waals surface area contributed by atoms with E-state index < -0.39 is 0 Å². The Kier molecular flexibility index (Phi) is 11.9. The highest BCUT2D eigenvalue weighted by Gasteiger charge is 2.20. The summed E-state index contributed by atoms with van der Waals surface area (Å²) in [5.41, 5.74) is 4.09. The Bertz CT molecular complexity index is 1060. The molecule has 4 saturated carbocycles. The Morgan fingerprint density at radius 1 is 0.378 bits per heavy atom. The van der Waals surface area contributed by atoms with Crippen molar-refractivity contribution in [2.24, 2.45) is 9.98 Å². The van der Waals surface area contributed by atoms with Gasteiger partial charge in [0, 0.05) is 35.5 Å². The Morgan fingerprint density at radius 2 is 0.644 bits per heavy atom. The summed E-state index contributed by atoms with van der Waals surface area (Å²) in [4.78, 5) is 10.1. The summed E-state index contributed by atoms with van der Waals surface area (Å²) in [6, 6.07) is 19.1. The zero-order chi connectivity index (χ0) is 30.5. The summed E-state index contributed by atoms with van der Waals surface area (Å²) >= 11 is 0. The fourth-order valence-corrected chi connectivity index (χ4v) is 7.64. The van der Waals surface area contributed by atoms with Crippen LogP contribution in [0, 0.1) is 0 Å². The number of benzene rings is 2. The maximum Gasteiger partial charge on any atom is 0.196 e. The van der Waals surface area contributed by atoms with Crippen molar-refractivity contribution in [3.05, 3.63) is 48.5 Å². The van der Waals surface area contributed by atoms with Crippen molar-refractivity contribution >= 4 is 34.7 Å². The van der Waals surface area contributed by atoms with Gasteiger partial charge in [-0.2, -0.15) is 0 Å². The van der Waals surface area contributed by atoms with Gasteiger partial charge in [0.05, 0.1) is 11.4 Å². The lowest BCUT2D eigenvalue weighted by atomic mass is 9.95. The van der Waals surface area contributed by atoms with Crippen LogP contribution in [0.4, 0.5) is 22.7 Å². The van der Waals surface area contributed by atoms with Crippen molar-refractivity contribution in [3.8, 4) is 0 Å². The van der Waals surface area contributed by atoms with Crippen molar-refractivity contribution in [3.63, 3.8) is 0 Å². The van der Waals surface area contributed by atoms with Gasteiger partial charge >= 0.3 is 0 Å². The zero-order valence-electron chi connectivity index (χ0n) is 27.5. The maximum absolute atomic E-state index is 5.06. The van der Waals surface area contributed by atoms with E-state index in [-0.39, 0.29) is 0 Å². The second kappa shape index (κ2) is 16.9. The van der Waals surface area contributed by atoms with Gasteiger partial charge < -0.3 is 26.6 Å². The van der Waals surface area contributed by atoms with Gasteiger partial charge in [0.25, 0.3) is 0 Å². The normalized spacial score (nSPS) is 20.5. The molecule has 244 valence electrons. The van der Waals surface area contributed by atoms with Crippen LogP contribution in [0.5, 0.6) is 0 Å². The molecule has 0 radical (unpaired) electrons. The van der Waals surface area contributed by atoms with Gasteiger partial charge in [0.1, 0.15) is 0 Å². The molecule has 0 amide bonds. The van der Waals surface area contributed by atoms with Gasteiger partial charge in [-0.3, -0.25) is 0 Å². The molecule has 2 aromatic rings. The van der Waals surface area contributed by atoms with Crippen LogP contribution in [0.25, 0.3) is 0 Å². The van der Waals surface area contributed by atoms with Crippen molar-refractivity contribution in [2.45, 2.75) is 153 Å². The molecule has 4 aliphatic carbocycles. The monoisotopic (exact) mass is 611 g/mol. The first-order valence-electron chi connectivity index (χ1n) is 18.5. The fraction of sp³-hybridized carbons (Fsp3) is 0.632. The molecule has 7 heteroatoms. The average Bonchev–Trinajstić information content (AvgIpc) is 3.08. The molecule has 2 aromatic carbocycles. The number of hydrogen-bond acceptors (Lipinski definition) is 3. The average molecular weight is 612 g/mol. The molecule has 7 nitrogen and oxygen atoms in total. The molecule has 0 aliphatic heterocycles. The first-order valence-corrected chi connectivity index (χ1v) is 18.5. The van der Waals surface area contributed by atoms with E-state index in [1.54, 1.807) is 0 Å². The number of rotatable bonds is 8. The molecular formula is C38H57N7. The van der Waals surface area contributed by atoms with Crippen LogP contribution in [0.15, 0.2) is 58.5 Å². The van der Waals surface area contributed by atoms with E-state index in [2.05, 4.69) is 75.1 Å². The fourth-order valence-electron chi connectivity index (χ4n) is 7.64. The number of guanidine groups is 2. The van der Waals surface area contributed by atoms with Gasteiger partial charge in [0.2, 0.25) is 0 Å². The van der Waals surface area contributed by atoms with E-state index >= 15 is 0 Å². The Labute approximate surface area is 271 Å². The summed E-state index contributed by atoms with van der Waals surface area (Å²) in [7, 11) is 0. The predicted molar refractivity (Wildman–Crippen MR) is 190 cm³/mol. The molecule has 5 N–H and O–H groups in total. The lowest BCUT2D eigenvalue weighted by Gasteiger charge is -2.29. The highest BCUT2D eigenvalue weighted by Crippen LogP contribution is 2.25. The first-order chi connectivity index (χ1) is 22.2. The van der Waals surface area contributed by atoms with Crippen LogP contribution >= 0.6 is 0 Å². The number of nitrogens with zero attached hydrogens (tertiary/aromatic N) is 2. The van der Waals surface area contributed by atoms with Crippen molar-refractivity contribution in [1.82, 2.24) is 21.3 Å². The summed E-state index contributed by atoms with van der Waals surface area (Å²) in [5, 5.41) is 18.7. The van der Waals surface area contributed by atoms with E-state index in [0.717, 1.165) is 34.7 Å². The maximum atomic E-state index is 5.06. The summed E-state index contributed by atoms with van der Waals surface area (Å²) in [6.45, 7) is 0. The summed E-state index contributed by atoms with van der Waals surface area (Å²) < 4.78 is 0. The van der Waals surface area contributed by atoms with Crippen LogP contribution in [0.3, 0.4) is 0 Å². The molecule has 0 bridgehead atoms. The highest BCUT2D eigenvalue weighted by molar-refractivity contribution is 5.84. The van der Waals surface area contributed by atoms with Crippen molar-refractivity contribution in [2.75, 3.05) is 5.32 Å². The topological polar surface area (TPSA) is 84.9 Å². The molecule has 0 saturated heterocycles. The summed E-state index contributed by atoms with van der Waals surface area (Å²) in [5.74, 6) is 1.92. The Balaban J connectivity index is 1.08. The molecule has 4 aliphatic rings. The highest BCUT2D eigenvalue weighted by atomic mass is 15.2. The lowest BCUT2D eigenvalue weighted by Crippen LogP contribution is -2.48. The number of hydrogen-bond donors (Lipinski definition) is 5. The van der Waals surface area contributed by atoms with E-state index in [0.29, 0.717) is 24.2 Å². The molecule has 0 spiro atoms. The molecule has 0 aromatic heterocycles. The van der Waals surface area contributed by atoms with Crippen molar-refractivity contribution in [1.29, 1.82) is 0 Å². The molecule has 6 rings (SSSR count). The smallest absolute Gasteiger partial charge is 0.196 e. The largest absolute Gasteiger partial charge is 0.356 e. The summed E-state index contributed by atoms with van der Waals surface area (Å²) in [6.07, 6.45) is 25.9. The quantitative estimate of drug-likeness (QED) is 0.152. The van der Waals surface area contributed by atoms with Crippen LogP contribution in [-0.2, 0) is 0 Å². The zero-order valence-corrected chi connectivity index (χ0v) is 27.5. The third-order valence-electron chi connectivity index (χ3n) is 10.3. The van der Waals surface area contributed by atoms with Gasteiger partial charge in [-0.15, -0.1) is 0 Å². The van der Waals surface area contributed by atoms with E-state index in [1.807, 2.05) is 0 Å². The molecule has 4 fully saturated rings. The molecule has 0 heterocycles. The van der Waals surface area contributed by atoms with Gasteiger partial charge in [-0.05, 0) is 99.9 Å². The Hall–Kier alpha value is -3.22. The standard InChI is InChI=1S/C38H57N7/c1-5-13-29(14-6-1)40-37(41-30-15-7-2-8-16-30)44-35-25-21-33(22-26-35)39-34-23-27-36(28-24-34)45-38(42-31-17-9-3-10-18-31)43-32-19-11-4-12-20-32/h21-32,39H,1-20H2,(H2,40,41,44)(H2,42,43,45). The van der Waals surface area contributed by atoms with E-state index in [4.69, 9.17) is 9.98 Å². The van der Waals surface area contributed by atoms with Crippen LogP contribution in [-0.4, -0.2) is 36.1 Å². The van der Waals surface area contributed by atoms with Crippen molar-refractivity contribution < 1.29 is 0 Å². The molecule has 0 unspecified atom stereocenters. The molecular weight excluding hydrogens is 554 g/mol. The predicted octanol–water partition coefficient (Wildman–Crippen LogP) is 9.09. The SMILES string of the molecule is c1cc(Nc2ccc(N=C(NC3CCCCC3)NC3CCCCC3)cc2)ccc1N=C(NC1CCCCC1)NC1CCCCC1. The lowest BCUT2D eigenvalue weighted by molar-refractivity contribution is 0.389. The van der Waals surface area contributed by atoms with Crippen LogP contribution < -0.4 is 26.6 Å². The van der Waals surface area contributed by atoms with Crippen LogP contribution in [0.1, 0.15) is 128 Å².